The number of ether oxygens (including phenoxy) is 1. The number of hydrogen-bond acceptors (Lipinski definition) is 3. The van der Waals surface area contributed by atoms with Crippen LogP contribution >= 0.6 is 43.5 Å². The number of carbonyl (C=O) groups is 1. The summed E-state index contributed by atoms with van der Waals surface area (Å²) in [6, 6.07) is 22.5. The summed E-state index contributed by atoms with van der Waals surface area (Å²) in [5, 5.41) is 12.7. The molecule has 0 aromatic heterocycles. The third-order valence-electron chi connectivity index (χ3n) is 4.64. The second kappa shape index (κ2) is 11.3. The third kappa shape index (κ3) is 6.46. The summed E-state index contributed by atoms with van der Waals surface area (Å²) < 4.78 is 7.49. The Morgan fingerprint density at radius 1 is 1.16 bits per heavy atom. The van der Waals surface area contributed by atoms with Gasteiger partial charge >= 0.3 is 0 Å². The van der Waals surface area contributed by atoms with Crippen molar-refractivity contribution in [1.29, 1.82) is 5.26 Å². The average Bonchev–Trinajstić information content (AvgIpc) is 2.78. The van der Waals surface area contributed by atoms with Crippen molar-refractivity contribution in [1.82, 2.24) is 5.32 Å². The first-order valence-electron chi connectivity index (χ1n) is 9.71. The van der Waals surface area contributed by atoms with E-state index in [0.29, 0.717) is 27.4 Å². The number of rotatable bonds is 7. The quantitative estimate of drug-likeness (QED) is 0.239. The van der Waals surface area contributed by atoms with Crippen molar-refractivity contribution < 1.29 is 9.53 Å². The number of nitrogens with one attached hydrogen (secondary N) is 1. The van der Waals surface area contributed by atoms with Crippen LogP contribution in [0.3, 0.4) is 0 Å². The lowest BCUT2D eigenvalue weighted by atomic mass is 10.1. The summed E-state index contributed by atoms with van der Waals surface area (Å²) >= 11 is 13.3. The number of benzene rings is 3. The molecule has 0 unspecified atom stereocenters. The van der Waals surface area contributed by atoms with E-state index in [1.54, 1.807) is 12.1 Å². The Balaban J connectivity index is 1.74. The van der Waals surface area contributed by atoms with Gasteiger partial charge in [0, 0.05) is 4.47 Å². The first-order valence-corrected chi connectivity index (χ1v) is 11.7. The third-order valence-corrected chi connectivity index (χ3v) is 6.04. The minimum Gasteiger partial charge on any atom is -0.486 e. The van der Waals surface area contributed by atoms with E-state index >= 15 is 0 Å². The molecule has 32 heavy (non-hydrogen) atoms. The van der Waals surface area contributed by atoms with Crippen molar-refractivity contribution in [3.05, 3.63) is 103 Å². The fourth-order valence-electron chi connectivity index (χ4n) is 2.95. The van der Waals surface area contributed by atoms with Gasteiger partial charge in [-0.25, -0.2) is 0 Å². The van der Waals surface area contributed by atoms with E-state index in [2.05, 4.69) is 37.2 Å². The maximum absolute atomic E-state index is 12.6. The van der Waals surface area contributed by atoms with Gasteiger partial charge in [0.2, 0.25) is 0 Å². The lowest BCUT2D eigenvalue weighted by Gasteiger charge is -2.14. The fourth-order valence-corrected chi connectivity index (χ4v) is 4.20. The van der Waals surface area contributed by atoms with Crippen molar-refractivity contribution in [2.24, 2.45) is 0 Å². The highest BCUT2D eigenvalue weighted by molar-refractivity contribution is 9.10. The molecular weight excluding hydrogens is 556 g/mol. The zero-order valence-electron chi connectivity index (χ0n) is 17.1. The molecular formula is C25H19Br2ClN2O2. The lowest BCUT2D eigenvalue weighted by Crippen LogP contribution is -2.27. The van der Waals surface area contributed by atoms with Gasteiger partial charge in [0.05, 0.1) is 15.5 Å². The predicted molar refractivity (Wildman–Crippen MR) is 134 cm³/mol. The maximum atomic E-state index is 12.6. The van der Waals surface area contributed by atoms with Gasteiger partial charge in [0.1, 0.15) is 18.2 Å². The topological polar surface area (TPSA) is 62.1 Å². The van der Waals surface area contributed by atoms with Crippen LogP contribution in [0.2, 0.25) is 5.02 Å². The van der Waals surface area contributed by atoms with Crippen molar-refractivity contribution in [2.75, 3.05) is 0 Å². The molecule has 1 amide bonds. The number of nitrogens with zero attached hydrogens (tertiary/aromatic N) is 1. The summed E-state index contributed by atoms with van der Waals surface area (Å²) in [4.78, 5) is 12.6. The van der Waals surface area contributed by atoms with E-state index in [0.717, 1.165) is 15.6 Å². The highest BCUT2D eigenvalue weighted by atomic mass is 79.9. The molecule has 0 radical (unpaired) electrons. The van der Waals surface area contributed by atoms with Crippen LogP contribution in [-0.4, -0.2) is 5.91 Å². The minimum atomic E-state index is -0.452. The van der Waals surface area contributed by atoms with Crippen LogP contribution in [-0.2, 0) is 11.4 Å². The van der Waals surface area contributed by atoms with Gasteiger partial charge in [-0.15, -0.1) is 0 Å². The molecule has 0 aliphatic carbocycles. The molecule has 0 aliphatic heterocycles. The Kier molecular flexibility index (Phi) is 8.52. The maximum Gasteiger partial charge on any atom is 0.262 e. The van der Waals surface area contributed by atoms with E-state index in [4.69, 9.17) is 16.3 Å². The summed E-state index contributed by atoms with van der Waals surface area (Å²) in [5.74, 6) is 0.0408. The molecule has 0 aliphatic rings. The van der Waals surface area contributed by atoms with Crippen molar-refractivity contribution >= 4 is 55.4 Å². The number of halogens is 3. The standard InChI is InChI=1S/C25H19Br2ClN2O2/c1-16(19-5-3-2-4-6-19)30-25(31)20(14-29)11-18-12-22(27)24(23(28)13-18)32-15-17-7-9-21(26)10-8-17/h2-13,16H,15H2,1H3,(H,30,31)/b20-11-/t16-/m1/s1. The molecule has 0 saturated carbocycles. The molecule has 3 aromatic carbocycles. The van der Waals surface area contributed by atoms with E-state index in [9.17, 15) is 10.1 Å². The van der Waals surface area contributed by atoms with Gasteiger partial charge in [0.25, 0.3) is 5.91 Å². The zero-order valence-corrected chi connectivity index (χ0v) is 21.0. The molecule has 162 valence electrons. The van der Waals surface area contributed by atoms with Gasteiger partial charge in [-0.05, 0) is 69.9 Å². The predicted octanol–water partition coefficient (Wildman–Crippen LogP) is 7.23. The molecule has 0 spiro atoms. The molecule has 7 heteroatoms. The van der Waals surface area contributed by atoms with E-state index in [-0.39, 0.29) is 11.6 Å². The van der Waals surface area contributed by atoms with Crippen LogP contribution in [0.25, 0.3) is 6.08 Å². The summed E-state index contributed by atoms with van der Waals surface area (Å²) in [6.45, 7) is 2.22. The van der Waals surface area contributed by atoms with Gasteiger partial charge < -0.3 is 10.1 Å². The molecule has 0 heterocycles. The van der Waals surface area contributed by atoms with Crippen LogP contribution in [0.1, 0.15) is 29.7 Å². The van der Waals surface area contributed by atoms with Gasteiger partial charge in [-0.3, -0.25) is 4.79 Å². The van der Waals surface area contributed by atoms with Crippen LogP contribution in [0.4, 0.5) is 0 Å². The average molecular weight is 575 g/mol. The summed E-state index contributed by atoms with van der Waals surface area (Å²) in [6.07, 6.45) is 1.50. The first-order chi connectivity index (χ1) is 15.4. The fraction of sp³-hybridized carbons (Fsp3) is 0.120. The molecule has 3 rings (SSSR count). The molecule has 0 bridgehead atoms. The summed E-state index contributed by atoms with van der Waals surface area (Å²) in [5.41, 5.74) is 2.54. The number of carbonyl (C=O) groups excluding carboxylic acids is 1. The number of nitriles is 1. The lowest BCUT2D eigenvalue weighted by molar-refractivity contribution is -0.117. The van der Waals surface area contributed by atoms with Crippen molar-refractivity contribution in [3.63, 3.8) is 0 Å². The zero-order chi connectivity index (χ0) is 23.1. The number of amides is 1. The van der Waals surface area contributed by atoms with Crippen LogP contribution < -0.4 is 10.1 Å². The highest BCUT2D eigenvalue weighted by Gasteiger charge is 2.15. The highest BCUT2D eigenvalue weighted by Crippen LogP contribution is 2.35. The Labute approximate surface area is 209 Å². The molecule has 0 fully saturated rings. The normalized spacial score (nSPS) is 12.0. The monoisotopic (exact) mass is 572 g/mol. The van der Waals surface area contributed by atoms with Crippen LogP contribution in [0.5, 0.6) is 5.75 Å². The van der Waals surface area contributed by atoms with Crippen LogP contribution in [0.15, 0.2) is 81.2 Å². The molecule has 4 nitrogen and oxygen atoms in total. The molecule has 3 aromatic rings. The molecule has 0 saturated heterocycles. The second-order valence-corrected chi connectivity index (χ2v) is 9.18. The van der Waals surface area contributed by atoms with E-state index in [1.807, 2.05) is 67.6 Å². The van der Waals surface area contributed by atoms with Crippen molar-refractivity contribution in [2.45, 2.75) is 19.6 Å². The molecule has 1 atom stereocenters. The van der Waals surface area contributed by atoms with E-state index < -0.39 is 5.91 Å². The van der Waals surface area contributed by atoms with Gasteiger partial charge in [-0.1, -0.05) is 70.0 Å². The first kappa shape index (κ1) is 24.1. The SMILES string of the molecule is C[C@@H](NC(=O)/C(C#N)=C\c1cc(Cl)c(OCc2ccc(Br)cc2)c(Br)c1)c1ccccc1. The van der Waals surface area contributed by atoms with E-state index in [1.165, 1.54) is 6.08 Å². The van der Waals surface area contributed by atoms with Gasteiger partial charge in [-0.2, -0.15) is 5.26 Å². The smallest absolute Gasteiger partial charge is 0.262 e. The van der Waals surface area contributed by atoms with Crippen LogP contribution in [0, 0.1) is 11.3 Å². The molecule has 1 N–H and O–H groups in total. The van der Waals surface area contributed by atoms with Crippen molar-refractivity contribution in [3.8, 4) is 11.8 Å². The Bertz CT molecular complexity index is 1150. The number of hydrogen-bond donors (Lipinski definition) is 1. The second-order valence-electron chi connectivity index (χ2n) is 7.00. The summed E-state index contributed by atoms with van der Waals surface area (Å²) in [7, 11) is 0. The Morgan fingerprint density at radius 3 is 2.47 bits per heavy atom. The largest absolute Gasteiger partial charge is 0.486 e. The minimum absolute atomic E-state index is 0.0146. The van der Waals surface area contributed by atoms with Gasteiger partial charge in [0.15, 0.2) is 5.75 Å². The Morgan fingerprint density at radius 2 is 1.84 bits per heavy atom. The Hall–Kier alpha value is -2.59.